The maximum atomic E-state index is 12.6. The van der Waals surface area contributed by atoms with Crippen LogP contribution in [0.4, 0.5) is 0 Å². The molecule has 24 heavy (non-hydrogen) atoms. The first kappa shape index (κ1) is 19.9. The zero-order valence-electron chi connectivity index (χ0n) is 15.0. The fourth-order valence-electron chi connectivity index (χ4n) is 2.57. The van der Waals surface area contributed by atoms with Gasteiger partial charge in [0.1, 0.15) is 5.92 Å². The van der Waals surface area contributed by atoms with E-state index >= 15 is 0 Å². The molecular formula is C19H26O5. The van der Waals surface area contributed by atoms with Gasteiger partial charge in [0.2, 0.25) is 0 Å². The molecule has 0 saturated carbocycles. The minimum Gasteiger partial charge on any atom is -0.469 e. The average molecular weight is 334 g/mol. The van der Waals surface area contributed by atoms with Crippen LogP contribution in [0.5, 0.6) is 0 Å². The van der Waals surface area contributed by atoms with E-state index in [0.29, 0.717) is 5.92 Å². The van der Waals surface area contributed by atoms with Gasteiger partial charge in [-0.1, -0.05) is 45.0 Å². The smallest absolute Gasteiger partial charge is 0.316 e. The third-order valence-electron chi connectivity index (χ3n) is 3.98. The summed E-state index contributed by atoms with van der Waals surface area (Å²) in [5.74, 6) is -2.77. The van der Waals surface area contributed by atoms with Crippen molar-refractivity contribution in [2.75, 3.05) is 14.2 Å². The summed E-state index contributed by atoms with van der Waals surface area (Å²) >= 11 is 0. The van der Waals surface area contributed by atoms with Gasteiger partial charge in [0, 0.05) is 5.92 Å². The van der Waals surface area contributed by atoms with Gasteiger partial charge in [-0.25, -0.2) is 0 Å². The highest BCUT2D eigenvalue weighted by molar-refractivity contribution is 6.04. The van der Waals surface area contributed by atoms with Crippen LogP contribution in [0, 0.1) is 11.8 Å². The summed E-state index contributed by atoms with van der Waals surface area (Å²) in [5.41, 5.74) is 2.01. The molecule has 1 unspecified atom stereocenters. The van der Waals surface area contributed by atoms with Crippen molar-refractivity contribution in [2.24, 2.45) is 11.8 Å². The molecule has 1 aromatic rings. The van der Waals surface area contributed by atoms with Gasteiger partial charge in [0.15, 0.2) is 5.78 Å². The normalized spacial score (nSPS) is 13.2. The van der Waals surface area contributed by atoms with E-state index in [4.69, 9.17) is 0 Å². The van der Waals surface area contributed by atoms with Crippen LogP contribution in [-0.2, 0) is 30.3 Å². The Balaban J connectivity index is 2.92. The van der Waals surface area contributed by atoms with Crippen molar-refractivity contribution < 1.29 is 23.9 Å². The summed E-state index contributed by atoms with van der Waals surface area (Å²) in [6.07, 6.45) is 0.660. The maximum absolute atomic E-state index is 12.6. The molecule has 1 aromatic carbocycles. The Bertz CT molecular complexity index is 574. The van der Waals surface area contributed by atoms with Gasteiger partial charge in [-0.2, -0.15) is 0 Å². The molecule has 0 aliphatic heterocycles. The van der Waals surface area contributed by atoms with Crippen molar-refractivity contribution in [3.63, 3.8) is 0 Å². The van der Waals surface area contributed by atoms with Crippen molar-refractivity contribution in [1.29, 1.82) is 0 Å². The fraction of sp³-hybridized carbons (Fsp3) is 0.526. The van der Waals surface area contributed by atoms with Crippen LogP contribution in [0.15, 0.2) is 24.3 Å². The van der Waals surface area contributed by atoms with Gasteiger partial charge in [0.05, 0.1) is 20.6 Å². The molecule has 5 heteroatoms. The van der Waals surface area contributed by atoms with Crippen LogP contribution < -0.4 is 0 Å². The van der Waals surface area contributed by atoms with Gasteiger partial charge in [-0.05, 0) is 23.5 Å². The molecule has 0 bridgehead atoms. The standard InChI is InChI=1S/C19H26O5/c1-12(2)10-14-6-8-15(9-7-14)13(3)18(21)16(19(22)24-5)11-17(20)23-4/h6-9,12-13,16H,10-11H2,1-5H3/t13?,16-/m1/s1. The second kappa shape index (κ2) is 9.21. The van der Waals surface area contributed by atoms with E-state index in [1.165, 1.54) is 19.8 Å². The first-order valence-electron chi connectivity index (χ1n) is 8.07. The second-order valence-corrected chi connectivity index (χ2v) is 6.32. The number of rotatable bonds is 8. The summed E-state index contributed by atoms with van der Waals surface area (Å²) < 4.78 is 9.22. The molecule has 0 aromatic heterocycles. The van der Waals surface area contributed by atoms with Crippen molar-refractivity contribution in [3.05, 3.63) is 35.4 Å². The largest absolute Gasteiger partial charge is 0.469 e. The lowest BCUT2D eigenvalue weighted by atomic mass is 9.86. The number of carbonyl (C=O) groups is 3. The molecule has 0 radical (unpaired) electrons. The number of carbonyl (C=O) groups excluding carboxylic acids is 3. The highest BCUT2D eigenvalue weighted by Crippen LogP contribution is 2.24. The van der Waals surface area contributed by atoms with E-state index < -0.39 is 23.8 Å². The molecule has 0 heterocycles. The van der Waals surface area contributed by atoms with Gasteiger partial charge < -0.3 is 9.47 Å². The molecule has 0 spiro atoms. The van der Waals surface area contributed by atoms with Crippen LogP contribution in [-0.4, -0.2) is 31.9 Å². The van der Waals surface area contributed by atoms with Crippen LogP contribution >= 0.6 is 0 Å². The van der Waals surface area contributed by atoms with Crippen molar-refractivity contribution >= 4 is 17.7 Å². The molecule has 0 saturated heterocycles. The molecule has 1 rings (SSSR count). The molecule has 132 valence electrons. The van der Waals surface area contributed by atoms with E-state index in [1.807, 2.05) is 24.3 Å². The van der Waals surface area contributed by atoms with Crippen molar-refractivity contribution in [1.82, 2.24) is 0 Å². The zero-order valence-corrected chi connectivity index (χ0v) is 15.0. The van der Waals surface area contributed by atoms with Crippen LogP contribution in [0.3, 0.4) is 0 Å². The number of esters is 2. The lowest BCUT2D eigenvalue weighted by molar-refractivity contribution is -0.155. The fourth-order valence-corrected chi connectivity index (χ4v) is 2.57. The Morgan fingerprint density at radius 1 is 0.958 bits per heavy atom. The van der Waals surface area contributed by atoms with Crippen molar-refractivity contribution in [3.8, 4) is 0 Å². The summed E-state index contributed by atoms with van der Waals surface area (Å²) in [7, 11) is 2.42. The lowest BCUT2D eigenvalue weighted by Crippen LogP contribution is -2.31. The number of methoxy groups -OCH3 is 2. The molecular weight excluding hydrogens is 308 g/mol. The van der Waals surface area contributed by atoms with Crippen LogP contribution in [0.25, 0.3) is 0 Å². The van der Waals surface area contributed by atoms with E-state index in [1.54, 1.807) is 6.92 Å². The molecule has 0 fully saturated rings. The molecule has 5 nitrogen and oxygen atoms in total. The third-order valence-corrected chi connectivity index (χ3v) is 3.98. The Labute approximate surface area is 143 Å². The number of hydrogen-bond donors (Lipinski definition) is 0. The first-order valence-corrected chi connectivity index (χ1v) is 8.07. The highest BCUT2D eigenvalue weighted by Gasteiger charge is 2.34. The van der Waals surface area contributed by atoms with E-state index in [-0.39, 0.29) is 12.2 Å². The number of ether oxygens (including phenoxy) is 2. The van der Waals surface area contributed by atoms with E-state index in [9.17, 15) is 14.4 Å². The van der Waals surface area contributed by atoms with E-state index in [0.717, 1.165) is 12.0 Å². The summed E-state index contributed by atoms with van der Waals surface area (Å²) in [4.78, 5) is 36.0. The third kappa shape index (κ3) is 5.48. The minimum atomic E-state index is -1.15. The molecule has 2 atom stereocenters. The summed E-state index contributed by atoms with van der Waals surface area (Å²) in [5, 5.41) is 0. The number of benzene rings is 1. The van der Waals surface area contributed by atoms with Gasteiger partial charge in [-0.15, -0.1) is 0 Å². The quantitative estimate of drug-likeness (QED) is 0.540. The average Bonchev–Trinajstić information content (AvgIpc) is 2.57. The van der Waals surface area contributed by atoms with Crippen LogP contribution in [0.2, 0.25) is 0 Å². The molecule has 0 amide bonds. The SMILES string of the molecule is COC(=O)C[C@@H](C(=O)OC)C(=O)C(C)c1ccc(CC(C)C)cc1. The summed E-state index contributed by atoms with van der Waals surface area (Å²) in [6.45, 7) is 6.02. The molecule has 0 aliphatic carbocycles. The van der Waals surface area contributed by atoms with E-state index in [2.05, 4.69) is 23.3 Å². The minimum absolute atomic E-state index is 0.308. The Morgan fingerprint density at radius 2 is 1.54 bits per heavy atom. The lowest BCUT2D eigenvalue weighted by Gasteiger charge is -2.18. The number of ketones is 1. The second-order valence-electron chi connectivity index (χ2n) is 6.32. The van der Waals surface area contributed by atoms with Crippen LogP contribution in [0.1, 0.15) is 44.2 Å². The van der Waals surface area contributed by atoms with Gasteiger partial charge in [-0.3, -0.25) is 14.4 Å². The monoisotopic (exact) mass is 334 g/mol. The highest BCUT2D eigenvalue weighted by atomic mass is 16.5. The molecule has 0 aliphatic rings. The first-order chi connectivity index (χ1) is 11.3. The summed E-state index contributed by atoms with van der Waals surface area (Å²) in [6, 6.07) is 7.78. The number of Topliss-reactive ketones (excluding diaryl/α,β-unsaturated/α-hetero) is 1. The van der Waals surface area contributed by atoms with Crippen molar-refractivity contribution in [2.45, 2.75) is 39.5 Å². The maximum Gasteiger partial charge on any atom is 0.316 e. The Kier molecular flexibility index (Phi) is 7.62. The topological polar surface area (TPSA) is 69.7 Å². The number of hydrogen-bond acceptors (Lipinski definition) is 5. The Morgan fingerprint density at radius 3 is 2.00 bits per heavy atom. The molecule has 0 N–H and O–H groups in total. The predicted octanol–water partition coefficient (Wildman–Crippen LogP) is 2.91. The van der Waals surface area contributed by atoms with Gasteiger partial charge in [0.25, 0.3) is 0 Å². The predicted molar refractivity (Wildman–Crippen MR) is 90.5 cm³/mol. The van der Waals surface area contributed by atoms with Gasteiger partial charge >= 0.3 is 11.9 Å². The Hall–Kier alpha value is -2.17. The zero-order chi connectivity index (χ0) is 18.3.